The predicted octanol–water partition coefficient (Wildman–Crippen LogP) is 1.60. The van der Waals surface area contributed by atoms with E-state index in [2.05, 4.69) is 5.32 Å². The van der Waals surface area contributed by atoms with Gasteiger partial charge >= 0.3 is 0 Å². The molecule has 2 atom stereocenters. The molecule has 0 aliphatic rings. The lowest BCUT2D eigenvalue weighted by atomic mass is 9.98. The fourth-order valence-electron chi connectivity index (χ4n) is 1.84. The van der Waals surface area contributed by atoms with Gasteiger partial charge in [0.05, 0.1) is 17.6 Å². The van der Waals surface area contributed by atoms with Gasteiger partial charge in [0.2, 0.25) is 5.91 Å². The van der Waals surface area contributed by atoms with Crippen molar-refractivity contribution in [1.29, 1.82) is 0 Å². The Balaban J connectivity index is 2.83. The van der Waals surface area contributed by atoms with Crippen molar-refractivity contribution in [1.82, 2.24) is 5.32 Å². The third kappa shape index (κ3) is 4.61. The van der Waals surface area contributed by atoms with Crippen molar-refractivity contribution in [2.45, 2.75) is 25.3 Å². The van der Waals surface area contributed by atoms with Crippen molar-refractivity contribution in [3.63, 3.8) is 0 Å². The van der Waals surface area contributed by atoms with Gasteiger partial charge < -0.3 is 15.8 Å². The van der Waals surface area contributed by atoms with E-state index in [1.807, 2.05) is 37.3 Å². The van der Waals surface area contributed by atoms with Gasteiger partial charge in [0.15, 0.2) is 0 Å². The van der Waals surface area contributed by atoms with Crippen LogP contribution in [0.5, 0.6) is 0 Å². The van der Waals surface area contributed by atoms with Crippen LogP contribution in [0.25, 0.3) is 0 Å². The Hall–Kier alpha value is -1.46. The van der Waals surface area contributed by atoms with Crippen LogP contribution in [0, 0.1) is 0 Å². The van der Waals surface area contributed by atoms with Gasteiger partial charge in [0.1, 0.15) is 5.92 Å². The normalized spacial score (nSPS) is 13.6. The Kier molecular flexibility index (Phi) is 6.45. The monoisotopic (exact) mass is 280 g/mol. The third-order valence-electron chi connectivity index (χ3n) is 2.89. The molecule has 0 aliphatic carbocycles. The van der Waals surface area contributed by atoms with Crippen LogP contribution >= 0.6 is 12.2 Å². The van der Waals surface area contributed by atoms with Gasteiger partial charge in [0, 0.05) is 7.11 Å². The van der Waals surface area contributed by atoms with E-state index >= 15 is 0 Å². The minimum atomic E-state index is -0.595. The van der Waals surface area contributed by atoms with Crippen molar-refractivity contribution in [2.75, 3.05) is 13.7 Å². The molecule has 0 bridgehead atoms. The van der Waals surface area contributed by atoms with Gasteiger partial charge in [0.25, 0.3) is 0 Å². The average molecular weight is 280 g/mol. The molecule has 0 fully saturated rings. The molecule has 19 heavy (non-hydrogen) atoms. The molecule has 1 amide bonds. The predicted molar refractivity (Wildman–Crippen MR) is 80.1 cm³/mol. The zero-order valence-electron chi connectivity index (χ0n) is 11.3. The highest BCUT2D eigenvalue weighted by Gasteiger charge is 2.25. The number of amides is 1. The van der Waals surface area contributed by atoms with Crippen LogP contribution in [-0.2, 0) is 9.53 Å². The molecule has 0 saturated heterocycles. The maximum absolute atomic E-state index is 12.3. The Morgan fingerprint density at radius 2 is 2.05 bits per heavy atom. The van der Waals surface area contributed by atoms with Gasteiger partial charge in [-0.05, 0) is 12.0 Å². The lowest BCUT2D eigenvalue weighted by Gasteiger charge is -2.21. The van der Waals surface area contributed by atoms with E-state index in [0.717, 1.165) is 12.0 Å². The second-order valence-electron chi connectivity index (χ2n) is 4.32. The molecule has 4 nitrogen and oxygen atoms in total. The Bertz CT molecular complexity index is 423. The molecular formula is C14H20N2O2S. The largest absolute Gasteiger partial charge is 0.392 e. The SMILES string of the molecule is CCC(COC)NC(=O)C(C(N)=S)c1ccccc1. The first-order chi connectivity index (χ1) is 9.10. The van der Waals surface area contributed by atoms with E-state index < -0.39 is 5.92 Å². The minimum Gasteiger partial charge on any atom is -0.392 e. The summed E-state index contributed by atoms with van der Waals surface area (Å²) in [4.78, 5) is 12.5. The van der Waals surface area contributed by atoms with Gasteiger partial charge in [-0.3, -0.25) is 4.79 Å². The summed E-state index contributed by atoms with van der Waals surface area (Å²) in [6, 6.07) is 9.28. The molecule has 1 aromatic rings. The first-order valence-electron chi connectivity index (χ1n) is 6.23. The molecule has 2 unspecified atom stereocenters. The summed E-state index contributed by atoms with van der Waals surface area (Å²) in [6.07, 6.45) is 0.790. The fraction of sp³-hybridized carbons (Fsp3) is 0.429. The van der Waals surface area contributed by atoms with Crippen molar-refractivity contribution < 1.29 is 9.53 Å². The summed E-state index contributed by atoms with van der Waals surface area (Å²) in [7, 11) is 1.61. The number of carbonyl (C=O) groups is 1. The molecule has 0 saturated carbocycles. The zero-order chi connectivity index (χ0) is 14.3. The number of carbonyl (C=O) groups excluding carboxylic acids is 1. The number of hydrogen-bond donors (Lipinski definition) is 2. The minimum absolute atomic E-state index is 0.0296. The number of hydrogen-bond acceptors (Lipinski definition) is 3. The number of ether oxygens (including phenoxy) is 1. The van der Waals surface area contributed by atoms with E-state index in [9.17, 15) is 4.79 Å². The fourth-order valence-corrected chi connectivity index (χ4v) is 2.08. The molecular weight excluding hydrogens is 260 g/mol. The Morgan fingerprint density at radius 1 is 1.42 bits per heavy atom. The summed E-state index contributed by atoms with van der Waals surface area (Å²) in [5.41, 5.74) is 6.51. The van der Waals surface area contributed by atoms with Crippen LogP contribution in [0.4, 0.5) is 0 Å². The van der Waals surface area contributed by atoms with Gasteiger partial charge in [-0.25, -0.2) is 0 Å². The lowest BCUT2D eigenvalue weighted by Crippen LogP contribution is -2.43. The summed E-state index contributed by atoms with van der Waals surface area (Å²) >= 11 is 5.01. The molecule has 0 spiro atoms. The summed E-state index contributed by atoms with van der Waals surface area (Å²) in [6.45, 7) is 2.46. The van der Waals surface area contributed by atoms with Gasteiger partial charge in [-0.1, -0.05) is 49.5 Å². The molecule has 0 aromatic heterocycles. The van der Waals surface area contributed by atoms with E-state index in [4.69, 9.17) is 22.7 Å². The van der Waals surface area contributed by atoms with Crippen molar-refractivity contribution in [3.05, 3.63) is 35.9 Å². The van der Waals surface area contributed by atoms with Crippen LogP contribution < -0.4 is 11.1 Å². The number of methoxy groups -OCH3 is 1. The van der Waals surface area contributed by atoms with Crippen LogP contribution in [0.2, 0.25) is 0 Å². The molecule has 1 rings (SSSR count). The summed E-state index contributed by atoms with van der Waals surface area (Å²) < 4.78 is 5.06. The summed E-state index contributed by atoms with van der Waals surface area (Å²) in [5, 5.41) is 2.92. The molecule has 1 aromatic carbocycles. The maximum atomic E-state index is 12.3. The number of nitrogens with one attached hydrogen (secondary N) is 1. The van der Waals surface area contributed by atoms with Crippen molar-refractivity contribution in [3.8, 4) is 0 Å². The van der Waals surface area contributed by atoms with Crippen LogP contribution in [-0.4, -0.2) is 30.7 Å². The Labute approximate surface area is 119 Å². The highest BCUT2D eigenvalue weighted by atomic mass is 32.1. The molecule has 3 N–H and O–H groups in total. The van der Waals surface area contributed by atoms with Crippen LogP contribution in [0.1, 0.15) is 24.8 Å². The van der Waals surface area contributed by atoms with Gasteiger partial charge in [-0.15, -0.1) is 0 Å². The van der Waals surface area contributed by atoms with E-state index in [1.165, 1.54) is 0 Å². The van der Waals surface area contributed by atoms with E-state index in [1.54, 1.807) is 7.11 Å². The van der Waals surface area contributed by atoms with E-state index in [-0.39, 0.29) is 16.9 Å². The molecule has 0 heterocycles. The van der Waals surface area contributed by atoms with Gasteiger partial charge in [-0.2, -0.15) is 0 Å². The number of benzene rings is 1. The molecule has 104 valence electrons. The smallest absolute Gasteiger partial charge is 0.234 e. The molecule has 0 aliphatic heterocycles. The third-order valence-corrected chi connectivity index (χ3v) is 3.12. The Morgan fingerprint density at radius 3 is 2.53 bits per heavy atom. The van der Waals surface area contributed by atoms with Crippen molar-refractivity contribution in [2.24, 2.45) is 5.73 Å². The number of rotatable bonds is 7. The van der Waals surface area contributed by atoms with Crippen LogP contribution in [0.3, 0.4) is 0 Å². The van der Waals surface area contributed by atoms with Crippen molar-refractivity contribution >= 4 is 23.1 Å². The first kappa shape index (κ1) is 15.6. The molecule has 5 heteroatoms. The topological polar surface area (TPSA) is 64.3 Å². The zero-order valence-corrected chi connectivity index (χ0v) is 12.1. The number of nitrogens with two attached hydrogens (primary N) is 1. The second-order valence-corrected chi connectivity index (χ2v) is 4.79. The molecule has 0 radical (unpaired) electrons. The van der Waals surface area contributed by atoms with Crippen LogP contribution in [0.15, 0.2) is 30.3 Å². The van der Waals surface area contributed by atoms with E-state index in [0.29, 0.717) is 6.61 Å². The number of thiocarbonyl (C=S) groups is 1. The second kappa shape index (κ2) is 7.86. The lowest BCUT2D eigenvalue weighted by molar-refractivity contribution is -0.122. The maximum Gasteiger partial charge on any atom is 0.234 e. The first-order valence-corrected chi connectivity index (χ1v) is 6.64. The quantitative estimate of drug-likeness (QED) is 0.745. The highest BCUT2D eigenvalue weighted by molar-refractivity contribution is 7.80. The highest BCUT2D eigenvalue weighted by Crippen LogP contribution is 2.16. The standard InChI is InChI=1S/C14H20N2O2S/c1-3-11(9-18-2)16-14(17)12(13(15)19)10-7-5-4-6-8-10/h4-8,11-12H,3,9H2,1-2H3,(H2,15,19)(H,16,17). The summed E-state index contributed by atoms with van der Waals surface area (Å²) in [5.74, 6) is -0.773. The average Bonchev–Trinajstić information content (AvgIpc) is 2.39.